The number of nitrogens with one attached hydrogen (secondary N) is 1. The van der Waals surface area contributed by atoms with E-state index in [2.05, 4.69) is 10.3 Å². The van der Waals surface area contributed by atoms with Crippen molar-refractivity contribution in [2.24, 2.45) is 5.73 Å². The Bertz CT molecular complexity index is 791. The van der Waals surface area contributed by atoms with Gasteiger partial charge >= 0.3 is 0 Å². The highest BCUT2D eigenvalue weighted by molar-refractivity contribution is 6.01. The third kappa shape index (κ3) is 3.24. The van der Waals surface area contributed by atoms with E-state index < -0.39 is 5.91 Å². The number of amides is 2. The largest absolute Gasteiger partial charge is 0.493 e. The van der Waals surface area contributed by atoms with E-state index in [-0.39, 0.29) is 11.9 Å². The van der Waals surface area contributed by atoms with Gasteiger partial charge < -0.3 is 20.5 Å². The zero-order valence-electron chi connectivity index (χ0n) is 13.4. The smallest absolute Gasteiger partial charge is 0.252 e. The first kappa shape index (κ1) is 16.0. The van der Waals surface area contributed by atoms with E-state index in [0.717, 1.165) is 17.2 Å². The van der Waals surface area contributed by atoms with Gasteiger partial charge in [-0.2, -0.15) is 0 Å². The number of primary amides is 1. The van der Waals surface area contributed by atoms with Gasteiger partial charge in [-0.1, -0.05) is 0 Å². The van der Waals surface area contributed by atoms with Gasteiger partial charge in [0.15, 0.2) is 0 Å². The maximum Gasteiger partial charge on any atom is 0.252 e. The van der Waals surface area contributed by atoms with Crippen LogP contribution in [0.25, 0.3) is 10.8 Å². The van der Waals surface area contributed by atoms with Crippen molar-refractivity contribution >= 4 is 22.6 Å². The number of ether oxygens (including phenoxy) is 2. The van der Waals surface area contributed by atoms with Gasteiger partial charge in [0.05, 0.1) is 18.2 Å². The molecule has 7 heteroatoms. The highest BCUT2D eigenvalue weighted by atomic mass is 16.5. The molecule has 1 fully saturated rings. The summed E-state index contributed by atoms with van der Waals surface area (Å²) in [4.78, 5) is 27.1. The van der Waals surface area contributed by atoms with E-state index in [9.17, 15) is 9.59 Å². The predicted molar refractivity (Wildman–Crippen MR) is 88.1 cm³/mol. The molecule has 1 saturated heterocycles. The Morgan fingerprint density at radius 1 is 1.42 bits per heavy atom. The summed E-state index contributed by atoms with van der Waals surface area (Å²) in [5.41, 5.74) is 5.75. The minimum absolute atomic E-state index is 0.00851. The number of nitrogens with two attached hydrogens (primary N) is 1. The molecule has 24 heavy (non-hydrogen) atoms. The van der Waals surface area contributed by atoms with Gasteiger partial charge in [0.2, 0.25) is 11.8 Å². The van der Waals surface area contributed by atoms with E-state index in [1.807, 2.05) is 6.92 Å². The topological polar surface area (TPSA) is 104 Å². The first-order valence-electron chi connectivity index (χ1n) is 7.86. The van der Waals surface area contributed by atoms with Gasteiger partial charge in [0.1, 0.15) is 12.4 Å². The monoisotopic (exact) mass is 329 g/mol. The van der Waals surface area contributed by atoms with E-state index in [0.29, 0.717) is 36.8 Å². The molecule has 3 rings (SSSR count). The molecule has 2 heterocycles. The van der Waals surface area contributed by atoms with Crippen LogP contribution in [0.2, 0.25) is 0 Å². The molecule has 0 aliphatic carbocycles. The Balaban J connectivity index is 1.91. The van der Waals surface area contributed by atoms with Crippen molar-refractivity contribution in [2.45, 2.75) is 25.8 Å². The molecular weight excluding hydrogens is 310 g/mol. The lowest BCUT2D eigenvalue weighted by molar-refractivity contribution is -0.119. The Hall–Kier alpha value is -2.83. The van der Waals surface area contributed by atoms with Gasteiger partial charge in [-0.3, -0.25) is 9.59 Å². The van der Waals surface area contributed by atoms with Crippen LogP contribution >= 0.6 is 0 Å². The third-order valence-corrected chi connectivity index (χ3v) is 3.90. The fourth-order valence-electron chi connectivity index (χ4n) is 2.74. The number of hydrogen-bond acceptors (Lipinski definition) is 5. The molecule has 1 aliphatic rings. The second kappa shape index (κ2) is 6.74. The molecule has 0 spiro atoms. The Kier molecular flexibility index (Phi) is 4.50. The number of benzene rings is 1. The highest BCUT2D eigenvalue weighted by Gasteiger charge is 2.22. The molecule has 0 bridgehead atoms. The second-order valence-corrected chi connectivity index (χ2v) is 5.60. The minimum atomic E-state index is -0.548. The number of hydrogen-bond donors (Lipinski definition) is 2. The summed E-state index contributed by atoms with van der Waals surface area (Å²) in [7, 11) is 0. The average molecular weight is 329 g/mol. The lowest BCUT2D eigenvalue weighted by Crippen LogP contribution is -2.31. The fraction of sp³-hybridized carbons (Fsp3) is 0.353. The number of pyridine rings is 1. The van der Waals surface area contributed by atoms with Gasteiger partial charge in [-0.15, -0.1) is 0 Å². The van der Waals surface area contributed by atoms with Crippen LogP contribution in [-0.2, 0) is 4.79 Å². The molecule has 0 radical (unpaired) electrons. The Morgan fingerprint density at radius 2 is 2.25 bits per heavy atom. The summed E-state index contributed by atoms with van der Waals surface area (Å²) in [6.45, 7) is 2.59. The molecule has 2 amide bonds. The van der Waals surface area contributed by atoms with E-state index in [1.165, 1.54) is 0 Å². The van der Waals surface area contributed by atoms with Gasteiger partial charge in [0.25, 0.3) is 5.91 Å². The van der Waals surface area contributed by atoms with E-state index in [1.54, 1.807) is 24.4 Å². The Labute approximate surface area is 139 Å². The van der Waals surface area contributed by atoms with Crippen molar-refractivity contribution in [3.63, 3.8) is 0 Å². The summed E-state index contributed by atoms with van der Waals surface area (Å²) in [5.74, 6) is 0.336. The maximum absolute atomic E-state index is 11.6. The lowest BCUT2D eigenvalue weighted by Gasteiger charge is -2.14. The van der Waals surface area contributed by atoms with Gasteiger partial charge in [-0.25, -0.2) is 4.98 Å². The number of aromatic nitrogens is 1. The SMILES string of the molecule is CCOc1cc2c(OC[C@@H]3CCC(=O)N3)nccc2cc1C(N)=O. The van der Waals surface area contributed by atoms with Crippen LogP contribution in [0.4, 0.5) is 0 Å². The van der Waals surface area contributed by atoms with Crippen molar-refractivity contribution in [3.05, 3.63) is 30.0 Å². The number of carbonyl (C=O) groups excluding carboxylic acids is 2. The normalized spacial score (nSPS) is 16.9. The summed E-state index contributed by atoms with van der Waals surface area (Å²) in [5, 5.41) is 4.37. The molecule has 0 saturated carbocycles. The van der Waals surface area contributed by atoms with Crippen LogP contribution in [0, 0.1) is 0 Å². The predicted octanol–water partition coefficient (Wildman–Crippen LogP) is 1.39. The molecule has 0 unspecified atom stereocenters. The van der Waals surface area contributed by atoms with Gasteiger partial charge in [-0.05, 0) is 36.9 Å². The van der Waals surface area contributed by atoms with Crippen LogP contribution < -0.4 is 20.5 Å². The zero-order chi connectivity index (χ0) is 17.1. The minimum Gasteiger partial charge on any atom is -0.493 e. The van der Waals surface area contributed by atoms with Crippen molar-refractivity contribution in [1.82, 2.24) is 10.3 Å². The molecule has 1 atom stereocenters. The average Bonchev–Trinajstić information content (AvgIpc) is 2.98. The summed E-state index contributed by atoms with van der Waals surface area (Å²) in [6, 6.07) is 5.16. The lowest BCUT2D eigenvalue weighted by atomic mass is 10.1. The summed E-state index contributed by atoms with van der Waals surface area (Å²) < 4.78 is 11.3. The molecule has 126 valence electrons. The van der Waals surface area contributed by atoms with Crippen molar-refractivity contribution in [3.8, 4) is 11.6 Å². The van der Waals surface area contributed by atoms with Crippen LogP contribution in [0.1, 0.15) is 30.1 Å². The van der Waals surface area contributed by atoms with Crippen molar-refractivity contribution in [1.29, 1.82) is 0 Å². The standard InChI is InChI=1S/C17H19N3O4/c1-2-23-14-8-12-10(7-13(14)16(18)22)5-6-19-17(12)24-9-11-3-4-15(21)20-11/h5-8,11H,2-4,9H2,1H3,(H2,18,22)(H,20,21)/t11-/m0/s1. The first-order valence-corrected chi connectivity index (χ1v) is 7.86. The molecule has 1 aromatic carbocycles. The second-order valence-electron chi connectivity index (χ2n) is 5.60. The summed E-state index contributed by atoms with van der Waals surface area (Å²) >= 11 is 0. The number of fused-ring (bicyclic) bond motifs is 1. The van der Waals surface area contributed by atoms with Crippen LogP contribution in [-0.4, -0.2) is 36.1 Å². The highest BCUT2D eigenvalue weighted by Crippen LogP contribution is 2.31. The summed E-state index contributed by atoms with van der Waals surface area (Å²) in [6.07, 6.45) is 2.88. The molecular formula is C17H19N3O4. The van der Waals surface area contributed by atoms with E-state index >= 15 is 0 Å². The quantitative estimate of drug-likeness (QED) is 0.833. The van der Waals surface area contributed by atoms with Crippen LogP contribution in [0.3, 0.4) is 0 Å². The fourth-order valence-corrected chi connectivity index (χ4v) is 2.74. The molecule has 7 nitrogen and oxygen atoms in total. The van der Waals surface area contributed by atoms with Gasteiger partial charge in [0, 0.05) is 18.0 Å². The first-order chi connectivity index (χ1) is 11.6. The number of rotatable bonds is 6. The van der Waals surface area contributed by atoms with Crippen molar-refractivity contribution in [2.75, 3.05) is 13.2 Å². The Morgan fingerprint density at radius 3 is 2.92 bits per heavy atom. The van der Waals surface area contributed by atoms with Crippen LogP contribution in [0.15, 0.2) is 24.4 Å². The third-order valence-electron chi connectivity index (χ3n) is 3.90. The van der Waals surface area contributed by atoms with Crippen LogP contribution in [0.5, 0.6) is 11.6 Å². The number of carbonyl (C=O) groups is 2. The molecule has 1 aliphatic heterocycles. The van der Waals surface area contributed by atoms with E-state index in [4.69, 9.17) is 15.2 Å². The molecule has 1 aromatic heterocycles. The molecule has 3 N–H and O–H groups in total. The molecule has 2 aromatic rings. The zero-order valence-corrected chi connectivity index (χ0v) is 13.4. The van der Waals surface area contributed by atoms with Crippen molar-refractivity contribution < 1.29 is 19.1 Å². The number of nitrogens with zero attached hydrogens (tertiary/aromatic N) is 1. The maximum atomic E-state index is 11.6.